The molecule has 31 heavy (non-hydrogen) atoms. The molecule has 0 saturated carbocycles. The van der Waals surface area contributed by atoms with Crippen molar-refractivity contribution in [2.75, 3.05) is 44.4 Å². The van der Waals surface area contributed by atoms with E-state index >= 15 is 0 Å². The summed E-state index contributed by atoms with van der Waals surface area (Å²) >= 11 is 0. The number of aryl methyl sites for hydroxylation is 1. The quantitative estimate of drug-likeness (QED) is 0.719. The Morgan fingerprint density at radius 2 is 2.00 bits per heavy atom. The number of benzene rings is 2. The number of ether oxygens (including phenoxy) is 2. The van der Waals surface area contributed by atoms with E-state index in [1.165, 1.54) is 23.6 Å². The zero-order valence-electron chi connectivity index (χ0n) is 18.1. The number of rotatable bonds is 6. The minimum atomic E-state index is -0.348. The van der Waals surface area contributed by atoms with Crippen LogP contribution in [0.15, 0.2) is 42.5 Å². The van der Waals surface area contributed by atoms with Crippen molar-refractivity contribution < 1.29 is 19.1 Å². The Labute approximate surface area is 182 Å². The molecule has 2 fully saturated rings. The molecule has 4 rings (SSSR count). The second-order valence-electron chi connectivity index (χ2n) is 8.22. The Hall–Kier alpha value is -2.90. The summed E-state index contributed by atoms with van der Waals surface area (Å²) in [5, 5.41) is 2.72. The zero-order valence-corrected chi connectivity index (χ0v) is 18.1. The maximum atomic E-state index is 12.0. The number of hydrogen-bond donors (Lipinski definition) is 1. The van der Waals surface area contributed by atoms with E-state index in [-0.39, 0.29) is 24.5 Å². The van der Waals surface area contributed by atoms with Crippen LogP contribution in [0.25, 0.3) is 11.1 Å². The Bertz CT molecular complexity index is 938. The monoisotopic (exact) mass is 423 g/mol. The molecule has 0 unspecified atom stereocenters. The van der Waals surface area contributed by atoms with Crippen LogP contribution in [-0.4, -0.2) is 62.4 Å². The number of anilines is 1. The van der Waals surface area contributed by atoms with E-state index in [0.29, 0.717) is 19.8 Å². The fourth-order valence-electron chi connectivity index (χ4n) is 4.08. The van der Waals surface area contributed by atoms with Gasteiger partial charge in [0.05, 0.1) is 26.4 Å². The van der Waals surface area contributed by atoms with Gasteiger partial charge in [-0.3, -0.25) is 14.5 Å². The minimum absolute atomic E-state index is 0.131. The van der Waals surface area contributed by atoms with Crippen LogP contribution < -0.4 is 10.2 Å². The van der Waals surface area contributed by atoms with Crippen molar-refractivity contribution in [3.8, 4) is 11.1 Å². The van der Waals surface area contributed by atoms with Gasteiger partial charge in [-0.25, -0.2) is 0 Å². The molecule has 0 bridgehead atoms. The summed E-state index contributed by atoms with van der Waals surface area (Å²) in [6.45, 7) is 8.04. The first-order chi connectivity index (χ1) is 15.0. The molecule has 1 atom stereocenters. The second-order valence-corrected chi connectivity index (χ2v) is 8.22. The Morgan fingerprint density at radius 3 is 2.68 bits per heavy atom. The maximum absolute atomic E-state index is 12.0. The van der Waals surface area contributed by atoms with Crippen molar-refractivity contribution in [3.05, 3.63) is 53.6 Å². The smallest absolute Gasteiger partial charge is 0.325 e. The number of amides is 1. The van der Waals surface area contributed by atoms with Gasteiger partial charge in [0.25, 0.3) is 0 Å². The van der Waals surface area contributed by atoms with Crippen molar-refractivity contribution in [2.45, 2.75) is 26.5 Å². The first-order valence-corrected chi connectivity index (χ1v) is 10.7. The van der Waals surface area contributed by atoms with Gasteiger partial charge < -0.3 is 19.7 Å². The largest absolute Gasteiger partial charge is 0.457 e. The van der Waals surface area contributed by atoms with Crippen LogP contribution in [0.3, 0.4) is 0 Å². The lowest BCUT2D eigenvalue weighted by molar-refractivity contribution is -0.150. The number of carbonyl (C=O) groups excluding carboxylic acids is 2. The van der Waals surface area contributed by atoms with E-state index in [2.05, 4.69) is 53.5 Å². The van der Waals surface area contributed by atoms with Crippen LogP contribution in [0.2, 0.25) is 0 Å². The molecule has 0 aliphatic carbocycles. The van der Waals surface area contributed by atoms with Gasteiger partial charge in [-0.2, -0.15) is 0 Å². The number of esters is 1. The lowest BCUT2D eigenvalue weighted by Gasteiger charge is -2.34. The molecule has 2 heterocycles. The molecular formula is C24H29N3O4. The summed E-state index contributed by atoms with van der Waals surface area (Å²) in [5.74, 6) is -0.407. The topological polar surface area (TPSA) is 71.1 Å². The molecule has 2 saturated heterocycles. The van der Waals surface area contributed by atoms with E-state index in [1.54, 1.807) is 0 Å². The van der Waals surface area contributed by atoms with Gasteiger partial charge in [0.2, 0.25) is 5.91 Å². The molecule has 2 aromatic carbocycles. The molecule has 0 spiro atoms. The van der Waals surface area contributed by atoms with Gasteiger partial charge in [-0.15, -0.1) is 0 Å². The first kappa shape index (κ1) is 21.3. The number of carbonyl (C=O) groups is 2. The number of morpholine rings is 1. The fourth-order valence-corrected chi connectivity index (χ4v) is 4.08. The lowest BCUT2D eigenvalue weighted by Crippen LogP contribution is -2.49. The highest BCUT2D eigenvalue weighted by Crippen LogP contribution is 2.29. The molecule has 2 aliphatic rings. The highest BCUT2D eigenvalue weighted by atomic mass is 16.5. The SMILES string of the molecule is CC(=O)NC[C@H]1CN(c2ccc(-c3ccc(CN4CCOC4)cc3)c(C)c2)CC(=O)O1. The predicted octanol–water partition coefficient (Wildman–Crippen LogP) is 2.32. The molecule has 7 heteroatoms. The predicted molar refractivity (Wildman–Crippen MR) is 119 cm³/mol. The van der Waals surface area contributed by atoms with E-state index in [0.717, 1.165) is 30.9 Å². The van der Waals surface area contributed by atoms with Crippen molar-refractivity contribution >= 4 is 17.6 Å². The number of nitrogens with zero attached hydrogens (tertiary/aromatic N) is 2. The van der Waals surface area contributed by atoms with Gasteiger partial charge in [-0.1, -0.05) is 30.3 Å². The number of nitrogens with one attached hydrogen (secondary N) is 1. The minimum Gasteiger partial charge on any atom is -0.457 e. The molecule has 0 aromatic heterocycles. The van der Waals surface area contributed by atoms with Crippen LogP contribution in [0.1, 0.15) is 18.1 Å². The lowest BCUT2D eigenvalue weighted by atomic mass is 9.98. The third kappa shape index (κ3) is 5.42. The van der Waals surface area contributed by atoms with Crippen LogP contribution >= 0.6 is 0 Å². The molecule has 164 valence electrons. The Kier molecular flexibility index (Phi) is 6.53. The molecule has 2 aromatic rings. The van der Waals surface area contributed by atoms with Crippen LogP contribution in [0, 0.1) is 6.92 Å². The van der Waals surface area contributed by atoms with Crippen molar-refractivity contribution in [2.24, 2.45) is 0 Å². The molecule has 1 N–H and O–H groups in total. The maximum Gasteiger partial charge on any atom is 0.325 e. The van der Waals surface area contributed by atoms with E-state index < -0.39 is 0 Å². The van der Waals surface area contributed by atoms with Gasteiger partial charge in [0.15, 0.2) is 0 Å². The standard InChI is InChI=1S/C24H29N3O4/c1-17-11-21(27-14-22(12-25-18(2)28)31-24(29)15-27)7-8-23(17)20-5-3-19(4-6-20)13-26-9-10-30-16-26/h3-8,11,22H,9-10,12-16H2,1-2H3,(H,25,28)/t22-/m0/s1. The summed E-state index contributed by atoms with van der Waals surface area (Å²) in [5.41, 5.74) is 5.76. The van der Waals surface area contributed by atoms with E-state index in [4.69, 9.17) is 9.47 Å². The molecule has 0 radical (unpaired) electrons. The second kappa shape index (κ2) is 9.49. The fraction of sp³-hybridized carbons (Fsp3) is 0.417. The van der Waals surface area contributed by atoms with Crippen LogP contribution in [-0.2, 0) is 25.6 Å². The first-order valence-electron chi connectivity index (χ1n) is 10.7. The average Bonchev–Trinajstić information content (AvgIpc) is 3.25. The van der Waals surface area contributed by atoms with Crippen molar-refractivity contribution in [1.82, 2.24) is 10.2 Å². The number of cyclic esters (lactones) is 1. The van der Waals surface area contributed by atoms with E-state index in [1.807, 2.05) is 11.0 Å². The molecule has 7 nitrogen and oxygen atoms in total. The average molecular weight is 424 g/mol. The molecule has 1 amide bonds. The third-order valence-corrected chi connectivity index (χ3v) is 5.69. The van der Waals surface area contributed by atoms with Crippen LogP contribution in [0.4, 0.5) is 5.69 Å². The highest BCUT2D eigenvalue weighted by Gasteiger charge is 2.27. The Morgan fingerprint density at radius 1 is 1.19 bits per heavy atom. The zero-order chi connectivity index (χ0) is 21.8. The van der Waals surface area contributed by atoms with Crippen molar-refractivity contribution in [1.29, 1.82) is 0 Å². The normalized spacial score (nSPS) is 19.4. The summed E-state index contributed by atoms with van der Waals surface area (Å²) in [7, 11) is 0. The van der Waals surface area contributed by atoms with Gasteiger partial charge in [0.1, 0.15) is 12.6 Å². The van der Waals surface area contributed by atoms with Gasteiger partial charge >= 0.3 is 5.97 Å². The Balaban J connectivity index is 1.44. The highest BCUT2D eigenvalue weighted by molar-refractivity contribution is 5.79. The van der Waals surface area contributed by atoms with Gasteiger partial charge in [0, 0.05) is 25.7 Å². The number of hydrogen-bond acceptors (Lipinski definition) is 6. The third-order valence-electron chi connectivity index (χ3n) is 5.69. The van der Waals surface area contributed by atoms with Gasteiger partial charge in [-0.05, 0) is 41.3 Å². The summed E-state index contributed by atoms with van der Waals surface area (Å²) in [4.78, 5) is 27.5. The summed E-state index contributed by atoms with van der Waals surface area (Å²) in [6, 6.07) is 14.9. The van der Waals surface area contributed by atoms with Crippen molar-refractivity contribution in [3.63, 3.8) is 0 Å². The molecule has 2 aliphatic heterocycles. The van der Waals surface area contributed by atoms with E-state index in [9.17, 15) is 9.59 Å². The molecular weight excluding hydrogens is 394 g/mol. The summed E-state index contributed by atoms with van der Waals surface area (Å²) in [6.07, 6.45) is -0.348. The van der Waals surface area contributed by atoms with Crippen LogP contribution in [0.5, 0.6) is 0 Å². The summed E-state index contributed by atoms with van der Waals surface area (Å²) < 4.78 is 10.8.